The number of ketones is 1. The topological polar surface area (TPSA) is 17.1 Å². The van der Waals surface area contributed by atoms with Gasteiger partial charge in [-0.3, -0.25) is 4.79 Å². The summed E-state index contributed by atoms with van der Waals surface area (Å²) < 4.78 is 0. The molecule has 44 valence electrons. The van der Waals surface area contributed by atoms with Gasteiger partial charge in [-0.15, -0.1) is 0 Å². The minimum Gasteiger partial charge on any atom is -0.298 e. The van der Waals surface area contributed by atoms with Crippen LogP contribution in [-0.2, 0) is 4.79 Å². The molecule has 0 aromatic rings. The van der Waals surface area contributed by atoms with E-state index in [9.17, 15) is 4.79 Å². The fourth-order valence-corrected chi connectivity index (χ4v) is 0.938. The number of rotatable bonds is 0. The summed E-state index contributed by atoms with van der Waals surface area (Å²) in [4.78, 5) is 10.8. The molecule has 1 heteroatoms. The Morgan fingerprint density at radius 1 is 1.25 bits per heavy atom. The Morgan fingerprint density at radius 2 is 1.62 bits per heavy atom. The summed E-state index contributed by atoms with van der Waals surface area (Å²) in [6.45, 7) is 3.87. The zero-order valence-electron chi connectivity index (χ0n) is 5.22. The molecule has 0 aliphatic heterocycles. The first-order chi connectivity index (χ1) is 3.72. The molecule has 1 nitrogen and oxygen atoms in total. The number of carbonyl (C=O) groups excluding carboxylic acids is 1. The quantitative estimate of drug-likeness (QED) is 0.431. The van der Waals surface area contributed by atoms with Crippen molar-refractivity contribution < 1.29 is 4.79 Å². The average Bonchev–Trinajstić information content (AvgIpc) is 1.98. The lowest BCUT2D eigenvalue weighted by Gasteiger charge is -1.97. The van der Waals surface area contributed by atoms with Gasteiger partial charge in [0, 0.05) is 11.8 Å². The van der Waals surface area contributed by atoms with E-state index in [1.165, 1.54) is 0 Å². The van der Waals surface area contributed by atoms with E-state index >= 15 is 0 Å². The van der Waals surface area contributed by atoms with E-state index < -0.39 is 0 Å². The normalized spacial score (nSPS) is 36.5. The van der Waals surface area contributed by atoms with Crippen molar-refractivity contribution in [2.45, 2.75) is 13.8 Å². The Balaban J connectivity index is 2.70. The van der Waals surface area contributed by atoms with E-state index in [-0.39, 0.29) is 11.8 Å². The van der Waals surface area contributed by atoms with Crippen LogP contribution >= 0.6 is 0 Å². The van der Waals surface area contributed by atoms with Crippen molar-refractivity contribution >= 4 is 5.78 Å². The second-order valence-electron chi connectivity index (χ2n) is 2.36. The van der Waals surface area contributed by atoms with Gasteiger partial charge in [0.25, 0.3) is 0 Å². The lowest BCUT2D eigenvalue weighted by atomic mass is 10.1. The van der Waals surface area contributed by atoms with Gasteiger partial charge < -0.3 is 0 Å². The summed E-state index contributed by atoms with van der Waals surface area (Å²) in [7, 11) is 0. The van der Waals surface area contributed by atoms with Crippen LogP contribution in [0.4, 0.5) is 0 Å². The third kappa shape index (κ3) is 0.683. The predicted octanol–water partition coefficient (Wildman–Crippen LogP) is 1.40. The van der Waals surface area contributed by atoms with Gasteiger partial charge in [-0.1, -0.05) is 26.0 Å². The third-order valence-corrected chi connectivity index (χ3v) is 1.59. The number of hydrogen-bond acceptors (Lipinski definition) is 1. The first-order valence-corrected chi connectivity index (χ1v) is 2.94. The highest BCUT2D eigenvalue weighted by Gasteiger charge is 2.20. The molecule has 0 radical (unpaired) electrons. The highest BCUT2D eigenvalue weighted by Crippen LogP contribution is 2.17. The highest BCUT2D eigenvalue weighted by atomic mass is 16.1. The van der Waals surface area contributed by atoms with Crippen LogP contribution in [0, 0.1) is 11.8 Å². The molecule has 0 spiro atoms. The number of carbonyl (C=O) groups is 1. The summed E-state index contributed by atoms with van der Waals surface area (Å²) in [5, 5.41) is 0. The molecular formula is C7H10O. The zero-order valence-corrected chi connectivity index (χ0v) is 5.22. The van der Waals surface area contributed by atoms with E-state index in [1.807, 2.05) is 26.0 Å². The fourth-order valence-electron chi connectivity index (χ4n) is 0.938. The maximum atomic E-state index is 10.8. The van der Waals surface area contributed by atoms with Crippen LogP contribution in [0.2, 0.25) is 0 Å². The molecule has 0 saturated heterocycles. The van der Waals surface area contributed by atoms with Gasteiger partial charge >= 0.3 is 0 Å². The Labute approximate surface area is 49.4 Å². The smallest absolute Gasteiger partial charge is 0.145 e. The van der Waals surface area contributed by atoms with Crippen LogP contribution in [0.25, 0.3) is 0 Å². The maximum absolute atomic E-state index is 10.8. The zero-order chi connectivity index (χ0) is 6.15. The van der Waals surface area contributed by atoms with Crippen molar-refractivity contribution in [1.29, 1.82) is 0 Å². The Hall–Kier alpha value is -0.590. The molecule has 0 amide bonds. The van der Waals surface area contributed by atoms with Crippen molar-refractivity contribution in [3.63, 3.8) is 0 Å². The van der Waals surface area contributed by atoms with E-state index in [4.69, 9.17) is 0 Å². The summed E-state index contributed by atoms with van der Waals surface area (Å²) in [5.74, 6) is 0.694. The highest BCUT2D eigenvalue weighted by molar-refractivity contribution is 5.88. The van der Waals surface area contributed by atoms with Crippen molar-refractivity contribution in [3.8, 4) is 0 Å². The van der Waals surface area contributed by atoms with Gasteiger partial charge in [0.15, 0.2) is 0 Å². The lowest BCUT2D eigenvalue weighted by Crippen LogP contribution is -2.08. The molecule has 0 fully saturated rings. The van der Waals surface area contributed by atoms with Gasteiger partial charge in [0.1, 0.15) is 5.78 Å². The van der Waals surface area contributed by atoms with E-state index in [0.717, 1.165) is 0 Å². The van der Waals surface area contributed by atoms with Crippen molar-refractivity contribution in [1.82, 2.24) is 0 Å². The lowest BCUT2D eigenvalue weighted by molar-refractivity contribution is -0.122. The summed E-state index contributed by atoms with van der Waals surface area (Å²) >= 11 is 0. The largest absolute Gasteiger partial charge is 0.298 e. The van der Waals surface area contributed by atoms with Crippen LogP contribution in [0.15, 0.2) is 12.2 Å². The van der Waals surface area contributed by atoms with Crippen LogP contribution in [0.5, 0.6) is 0 Å². The first-order valence-electron chi connectivity index (χ1n) is 2.94. The second kappa shape index (κ2) is 1.73. The molecule has 0 aromatic heterocycles. The fraction of sp³-hybridized carbons (Fsp3) is 0.571. The standard InChI is InChI=1S/C7H10O/c1-5-3-4-6(2)7(5)8/h3-6H,1-2H3. The number of Topliss-reactive ketones (excluding diaryl/α,β-unsaturated/α-hetero) is 1. The van der Waals surface area contributed by atoms with E-state index in [2.05, 4.69) is 0 Å². The van der Waals surface area contributed by atoms with Crippen LogP contribution in [0.3, 0.4) is 0 Å². The Morgan fingerprint density at radius 3 is 1.75 bits per heavy atom. The number of allylic oxidation sites excluding steroid dienone is 2. The van der Waals surface area contributed by atoms with Crippen molar-refractivity contribution in [2.24, 2.45) is 11.8 Å². The number of hydrogen-bond donors (Lipinski definition) is 0. The van der Waals surface area contributed by atoms with Gasteiger partial charge in [-0.2, -0.15) is 0 Å². The Kier molecular flexibility index (Phi) is 1.20. The summed E-state index contributed by atoms with van der Waals surface area (Å²) in [6.07, 6.45) is 3.93. The minimum absolute atomic E-state index is 0.171. The molecule has 1 aliphatic carbocycles. The van der Waals surface area contributed by atoms with Crippen LogP contribution in [-0.4, -0.2) is 5.78 Å². The van der Waals surface area contributed by atoms with Crippen molar-refractivity contribution in [3.05, 3.63) is 12.2 Å². The molecule has 0 N–H and O–H groups in total. The third-order valence-electron chi connectivity index (χ3n) is 1.59. The van der Waals surface area contributed by atoms with E-state index in [0.29, 0.717) is 5.78 Å². The Bertz CT molecular complexity index is 121. The monoisotopic (exact) mass is 110 g/mol. The molecule has 2 unspecified atom stereocenters. The SMILES string of the molecule is CC1C=CC(C)C1=O. The average molecular weight is 110 g/mol. The second-order valence-corrected chi connectivity index (χ2v) is 2.36. The van der Waals surface area contributed by atoms with E-state index in [1.54, 1.807) is 0 Å². The maximum Gasteiger partial charge on any atom is 0.145 e. The first kappa shape index (κ1) is 5.54. The molecule has 1 aliphatic rings. The molecule has 0 saturated carbocycles. The van der Waals surface area contributed by atoms with Crippen LogP contribution in [0.1, 0.15) is 13.8 Å². The predicted molar refractivity (Wildman–Crippen MR) is 32.5 cm³/mol. The molecule has 0 aromatic carbocycles. The molecule has 2 atom stereocenters. The van der Waals surface area contributed by atoms with Gasteiger partial charge in [0.05, 0.1) is 0 Å². The molecule has 0 bridgehead atoms. The minimum atomic E-state index is 0.171. The molecule has 1 rings (SSSR count). The van der Waals surface area contributed by atoms with Gasteiger partial charge in [-0.25, -0.2) is 0 Å². The summed E-state index contributed by atoms with van der Waals surface area (Å²) in [5.41, 5.74) is 0. The van der Waals surface area contributed by atoms with Gasteiger partial charge in [-0.05, 0) is 0 Å². The van der Waals surface area contributed by atoms with Crippen molar-refractivity contribution in [2.75, 3.05) is 0 Å². The van der Waals surface area contributed by atoms with Gasteiger partial charge in [0.2, 0.25) is 0 Å². The molecular weight excluding hydrogens is 100 g/mol. The summed E-state index contributed by atoms with van der Waals surface area (Å²) in [6, 6.07) is 0. The molecule has 0 heterocycles. The molecule has 8 heavy (non-hydrogen) atoms. The van der Waals surface area contributed by atoms with Crippen LogP contribution < -0.4 is 0 Å².